The van der Waals surface area contributed by atoms with Crippen LogP contribution in [0, 0.1) is 0 Å². The van der Waals surface area contributed by atoms with Gasteiger partial charge in [0.2, 0.25) is 5.91 Å². The second-order valence-electron chi connectivity index (χ2n) is 25.6. The number of carbonyl (C=O) groups excluding carboxylic acids is 2. The van der Waals surface area contributed by atoms with E-state index < -0.39 is 12.1 Å². The number of carbonyl (C=O) groups is 2. The number of allylic oxidation sites excluding steroid dienone is 7. The molecule has 0 heterocycles. The van der Waals surface area contributed by atoms with Gasteiger partial charge in [-0.05, 0) is 83.5 Å². The molecule has 0 fully saturated rings. The molecule has 0 aromatic carbocycles. The van der Waals surface area contributed by atoms with E-state index in [-0.39, 0.29) is 18.5 Å². The van der Waals surface area contributed by atoms with Gasteiger partial charge in [0.25, 0.3) is 0 Å². The van der Waals surface area contributed by atoms with E-state index in [1.54, 1.807) is 6.08 Å². The third-order valence-electron chi connectivity index (χ3n) is 17.3. The number of esters is 1. The molecule has 0 saturated carbocycles. The Labute approximate surface area is 518 Å². The van der Waals surface area contributed by atoms with Gasteiger partial charge in [-0.2, -0.15) is 0 Å². The van der Waals surface area contributed by atoms with Gasteiger partial charge in [-0.25, -0.2) is 0 Å². The molecular formula is C77H145NO5. The Morgan fingerprint density at radius 3 is 0.976 bits per heavy atom. The van der Waals surface area contributed by atoms with Crippen molar-refractivity contribution in [3.05, 3.63) is 48.6 Å². The lowest BCUT2D eigenvalue weighted by atomic mass is 10.0. The van der Waals surface area contributed by atoms with E-state index in [2.05, 4.69) is 55.6 Å². The number of hydrogen-bond donors (Lipinski definition) is 3. The number of aliphatic hydroxyl groups excluding tert-OH is 2. The van der Waals surface area contributed by atoms with Crippen LogP contribution in [0.3, 0.4) is 0 Å². The number of amides is 1. The highest BCUT2D eigenvalue weighted by Gasteiger charge is 2.18. The van der Waals surface area contributed by atoms with E-state index in [9.17, 15) is 19.8 Å². The molecule has 83 heavy (non-hydrogen) atoms. The summed E-state index contributed by atoms with van der Waals surface area (Å²) in [6.45, 7) is 4.86. The van der Waals surface area contributed by atoms with Gasteiger partial charge in [-0.3, -0.25) is 9.59 Å². The van der Waals surface area contributed by atoms with Crippen LogP contribution in [-0.2, 0) is 14.3 Å². The first-order chi connectivity index (χ1) is 41.0. The molecule has 6 heteroatoms. The van der Waals surface area contributed by atoms with Gasteiger partial charge in [-0.1, -0.05) is 358 Å². The number of ether oxygens (including phenoxy) is 1. The van der Waals surface area contributed by atoms with E-state index >= 15 is 0 Å². The lowest BCUT2D eigenvalue weighted by Crippen LogP contribution is -2.45. The normalized spacial score (nSPS) is 12.8. The Morgan fingerprint density at radius 1 is 0.337 bits per heavy atom. The van der Waals surface area contributed by atoms with E-state index in [1.807, 2.05) is 6.08 Å². The smallest absolute Gasteiger partial charge is 0.305 e. The van der Waals surface area contributed by atoms with E-state index in [0.29, 0.717) is 19.4 Å². The zero-order valence-electron chi connectivity index (χ0n) is 55.9. The average Bonchev–Trinajstić information content (AvgIpc) is 3.49. The van der Waals surface area contributed by atoms with Gasteiger partial charge in [0.15, 0.2) is 0 Å². The number of unbranched alkanes of at least 4 members (excludes halogenated alkanes) is 53. The molecule has 6 nitrogen and oxygen atoms in total. The molecule has 0 saturated heterocycles. The summed E-state index contributed by atoms with van der Waals surface area (Å²) in [5.41, 5.74) is 0. The molecule has 0 aliphatic carbocycles. The molecule has 0 aliphatic heterocycles. The molecular weight excluding hydrogens is 1020 g/mol. The molecule has 488 valence electrons. The minimum Gasteiger partial charge on any atom is -0.466 e. The Balaban J connectivity index is 3.35. The molecule has 2 atom stereocenters. The third-order valence-corrected chi connectivity index (χ3v) is 17.3. The van der Waals surface area contributed by atoms with Gasteiger partial charge < -0.3 is 20.3 Å². The maximum Gasteiger partial charge on any atom is 0.305 e. The Kier molecular flexibility index (Phi) is 70.4. The zero-order chi connectivity index (χ0) is 59.9. The molecule has 2 unspecified atom stereocenters. The predicted molar refractivity (Wildman–Crippen MR) is 366 cm³/mol. The summed E-state index contributed by atoms with van der Waals surface area (Å²) in [6, 6.07) is -0.625. The van der Waals surface area contributed by atoms with E-state index in [0.717, 1.165) is 51.4 Å². The average molecular weight is 1170 g/mol. The topological polar surface area (TPSA) is 95.9 Å². The Hall–Kier alpha value is -2.18. The van der Waals surface area contributed by atoms with Crippen LogP contribution in [0.15, 0.2) is 48.6 Å². The van der Waals surface area contributed by atoms with Gasteiger partial charge in [0, 0.05) is 12.8 Å². The summed E-state index contributed by atoms with van der Waals surface area (Å²) in [4.78, 5) is 24.5. The Morgan fingerprint density at radius 2 is 0.627 bits per heavy atom. The van der Waals surface area contributed by atoms with Crippen LogP contribution in [0.1, 0.15) is 406 Å². The minimum absolute atomic E-state index is 0.00591. The SMILES string of the molecule is CCC/C=C\C/C=C\CCCCCCCC(=O)OCCCCCCCCCCCCCCCCCC/C=C\CCCCCCCCCCCCCCCCCCCC(=O)NC(CO)C(O)/C=C/CCCCCCCCCCCCCCCC. The Bertz CT molecular complexity index is 1390. The number of hydrogen-bond acceptors (Lipinski definition) is 5. The highest BCUT2D eigenvalue weighted by Crippen LogP contribution is 2.19. The molecule has 0 bridgehead atoms. The lowest BCUT2D eigenvalue weighted by Gasteiger charge is -2.20. The van der Waals surface area contributed by atoms with Crippen molar-refractivity contribution in [2.75, 3.05) is 13.2 Å². The van der Waals surface area contributed by atoms with Gasteiger partial charge in [0.05, 0.1) is 25.4 Å². The minimum atomic E-state index is -0.842. The van der Waals surface area contributed by atoms with E-state index in [1.165, 1.54) is 327 Å². The van der Waals surface area contributed by atoms with Crippen molar-refractivity contribution in [2.45, 2.75) is 418 Å². The molecule has 0 radical (unpaired) electrons. The van der Waals surface area contributed by atoms with Crippen molar-refractivity contribution in [3.63, 3.8) is 0 Å². The molecule has 1 amide bonds. The third kappa shape index (κ3) is 68.8. The van der Waals surface area contributed by atoms with E-state index in [4.69, 9.17) is 4.74 Å². The fraction of sp³-hybridized carbons (Fsp3) is 0.870. The first kappa shape index (κ1) is 80.8. The number of nitrogens with one attached hydrogen (secondary N) is 1. The summed E-state index contributed by atoms with van der Waals surface area (Å²) < 4.78 is 5.48. The lowest BCUT2D eigenvalue weighted by molar-refractivity contribution is -0.143. The van der Waals surface area contributed by atoms with Crippen LogP contribution >= 0.6 is 0 Å². The highest BCUT2D eigenvalue weighted by molar-refractivity contribution is 5.76. The molecule has 0 rings (SSSR count). The molecule has 0 aromatic rings. The van der Waals surface area contributed by atoms with Crippen LogP contribution in [0.2, 0.25) is 0 Å². The first-order valence-corrected chi connectivity index (χ1v) is 37.4. The summed E-state index contributed by atoms with van der Waals surface area (Å²) >= 11 is 0. The van der Waals surface area contributed by atoms with Gasteiger partial charge >= 0.3 is 5.97 Å². The summed E-state index contributed by atoms with van der Waals surface area (Å²) in [6.07, 6.45) is 95.1. The fourth-order valence-electron chi connectivity index (χ4n) is 11.6. The van der Waals surface area contributed by atoms with Gasteiger partial charge in [0.1, 0.15) is 0 Å². The van der Waals surface area contributed by atoms with Crippen LogP contribution < -0.4 is 5.32 Å². The molecule has 0 aromatic heterocycles. The van der Waals surface area contributed by atoms with Crippen molar-refractivity contribution >= 4 is 11.9 Å². The standard InChI is InChI=1S/C77H145NO5/c1-3-5-7-9-11-13-15-17-18-42-46-49-53-57-61-65-69-75(80)74(73-79)78-76(81)70-66-62-58-54-50-47-43-40-38-36-34-32-30-28-26-24-22-20-19-21-23-25-27-29-31-33-35-37-39-41-44-48-52-56-60-64-68-72-83-77(82)71-67-63-59-55-51-45-16-14-12-10-8-6-4-2/h8,10,14,16,19,21,65,69,74-75,79-80H,3-7,9,11-13,15,17-18,20,22-64,66-68,70-73H2,1-2H3,(H,78,81)/b10-8-,16-14-,21-19-,69-65+. The second-order valence-corrected chi connectivity index (χ2v) is 25.6. The largest absolute Gasteiger partial charge is 0.466 e. The van der Waals surface area contributed by atoms with Crippen LogP contribution in [0.4, 0.5) is 0 Å². The maximum absolute atomic E-state index is 12.5. The van der Waals surface area contributed by atoms with Crippen molar-refractivity contribution in [1.82, 2.24) is 5.32 Å². The molecule has 3 N–H and O–H groups in total. The molecule has 0 spiro atoms. The van der Waals surface area contributed by atoms with Crippen molar-refractivity contribution in [3.8, 4) is 0 Å². The monoisotopic (exact) mass is 1160 g/mol. The van der Waals surface area contributed by atoms with Crippen LogP contribution in [-0.4, -0.2) is 47.4 Å². The second kappa shape index (κ2) is 72.3. The summed E-state index contributed by atoms with van der Waals surface area (Å²) in [5, 5.41) is 23.2. The van der Waals surface area contributed by atoms with Crippen molar-refractivity contribution in [2.24, 2.45) is 0 Å². The fourth-order valence-corrected chi connectivity index (χ4v) is 11.6. The predicted octanol–water partition coefficient (Wildman–Crippen LogP) is 24.4. The quantitative estimate of drug-likeness (QED) is 0.0320. The van der Waals surface area contributed by atoms with Crippen molar-refractivity contribution < 1.29 is 24.5 Å². The molecule has 0 aliphatic rings. The maximum atomic E-state index is 12.5. The first-order valence-electron chi connectivity index (χ1n) is 37.4. The summed E-state index contributed by atoms with van der Waals surface area (Å²) in [7, 11) is 0. The number of aliphatic hydroxyl groups is 2. The number of rotatable bonds is 70. The summed E-state index contributed by atoms with van der Waals surface area (Å²) in [5.74, 6) is -0.0555. The van der Waals surface area contributed by atoms with Gasteiger partial charge in [-0.15, -0.1) is 0 Å². The zero-order valence-corrected chi connectivity index (χ0v) is 55.9. The van der Waals surface area contributed by atoms with Crippen LogP contribution in [0.25, 0.3) is 0 Å². The van der Waals surface area contributed by atoms with Crippen molar-refractivity contribution in [1.29, 1.82) is 0 Å². The van der Waals surface area contributed by atoms with Crippen LogP contribution in [0.5, 0.6) is 0 Å². The highest BCUT2D eigenvalue weighted by atomic mass is 16.5.